The number of fused-ring (bicyclic) bond motifs is 1. The molecule has 2 nitrogen and oxygen atoms in total. The van der Waals surface area contributed by atoms with Gasteiger partial charge >= 0.3 is 0 Å². The summed E-state index contributed by atoms with van der Waals surface area (Å²) in [6, 6.07) is 6.66. The molecule has 0 aliphatic carbocycles. The lowest BCUT2D eigenvalue weighted by Crippen LogP contribution is -2.18. The van der Waals surface area contributed by atoms with E-state index in [4.69, 9.17) is 0 Å². The third-order valence-electron chi connectivity index (χ3n) is 3.14. The van der Waals surface area contributed by atoms with E-state index < -0.39 is 0 Å². The van der Waals surface area contributed by atoms with Crippen LogP contribution in [0.15, 0.2) is 23.6 Å². The number of benzene rings is 1. The maximum Gasteiger partial charge on any atom is 0.152 e. The Labute approximate surface area is 99.6 Å². The molecule has 1 radical (unpaired) electrons. The van der Waals surface area contributed by atoms with Crippen LogP contribution in [-0.4, -0.2) is 18.1 Å². The molecule has 0 saturated carbocycles. The molecule has 1 aromatic carbocycles. The summed E-state index contributed by atoms with van der Waals surface area (Å²) >= 11 is 1.53. The fraction of sp³-hybridized carbons (Fsp3) is 0.308. The van der Waals surface area contributed by atoms with Gasteiger partial charge in [0.15, 0.2) is 5.51 Å². The fourth-order valence-corrected chi connectivity index (χ4v) is 2.78. The van der Waals surface area contributed by atoms with Gasteiger partial charge in [0.05, 0.1) is 5.69 Å². The van der Waals surface area contributed by atoms with Crippen molar-refractivity contribution in [2.24, 2.45) is 0 Å². The minimum Gasteiger partial charge on any atom is -0.371 e. The van der Waals surface area contributed by atoms with Gasteiger partial charge in [0, 0.05) is 29.7 Å². The van der Waals surface area contributed by atoms with Gasteiger partial charge in [0.1, 0.15) is 0 Å². The highest BCUT2D eigenvalue weighted by Crippen LogP contribution is 2.31. The zero-order valence-electron chi connectivity index (χ0n) is 9.23. The van der Waals surface area contributed by atoms with E-state index in [9.17, 15) is 0 Å². The van der Waals surface area contributed by atoms with Gasteiger partial charge in [-0.05, 0) is 31.0 Å². The van der Waals surface area contributed by atoms with Crippen molar-refractivity contribution < 1.29 is 0 Å². The van der Waals surface area contributed by atoms with Crippen molar-refractivity contribution in [2.75, 3.05) is 18.0 Å². The Balaban J connectivity index is 2.01. The molecular formula is C13H13N2S. The minimum atomic E-state index is 1.04. The van der Waals surface area contributed by atoms with Gasteiger partial charge in [-0.2, -0.15) is 0 Å². The van der Waals surface area contributed by atoms with E-state index >= 15 is 0 Å². The quantitative estimate of drug-likeness (QED) is 0.787. The second-order valence-corrected chi connectivity index (χ2v) is 4.65. The van der Waals surface area contributed by atoms with E-state index in [0.29, 0.717) is 0 Å². The number of anilines is 1. The molecule has 16 heavy (non-hydrogen) atoms. The van der Waals surface area contributed by atoms with Crippen LogP contribution in [-0.2, 0) is 6.42 Å². The topological polar surface area (TPSA) is 16.1 Å². The van der Waals surface area contributed by atoms with E-state index in [0.717, 1.165) is 25.2 Å². The summed E-state index contributed by atoms with van der Waals surface area (Å²) < 4.78 is 0. The molecule has 2 aromatic rings. The lowest BCUT2D eigenvalue weighted by molar-refractivity contribution is 0.868. The summed E-state index contributed by atoms with van der Waals surface area (Å²) in [5.41, 5.74) is 8.00. The Morgan fingerprint density at radius 3 is 3.19 bits per heavy atom. The van der Waals surface area contributed by atoms with Crippen LogP contribution in [0, 0.1) is 5.51 Å². The van der Waals surface area contributed by atoms with Crippen LogP contribution in [0.4, 0.5) is 5.69 Å². The van der Waals surface area contributed by atoms with Crippen LogP contribution in [0.1, 0.15) is 12.5 Å². The number of hydrogen-bond acceptors (Lipinski definition) is 3. The first-order chi connectivity index (χ1) is 7.88. The first-order valence-electron chi connectivity index (χ1n) is 5.58. The SMILES string of the molecule is CCN1CCc2cc(-c3cs[c]n3)ccc21. The molecule has 3 heteroatoms. The normalized spacial score (nSPS) is 14.2. The maximum atomic E-state index is 4.23. The molecule has 0 spiro atoms. The first kappa shape index (κ1) is 9.85. The van der Waals surface area contributed by atoms with Crippen molar-refractivity contribution in [1.29, 1.82) is 0 Å². The van der Waals surface area contributed by atoms with Crippen molar-refractivity contribution in [3.63, 3.8) is 0 Å². The lowest BCUT2D eigenvalue weighted by atomic mass is 10.1. The zero-order valence-corrected chi connectivity index (χ0v) is 10.0. The summed E-state index contributed by atoms with van der Waals surface area (Å²) in [6.45, 7) is 4.45. The number of hydrogen-bond donors (Lipinski definition) is 0. The molecule has 81 valence electrons. The molecule has 1 aliphatic heterocycles. The highest BCUT2D eigenvalue weighted by atomic mass is 32.1. The second-order valence-electron chi connectivity index (χ2n) is 4.00. The monoisotopic (exact) mass is 229 g/mol. The average molecular weight is 229 g/mol. The van der Waals surface area contributed by atoms with E-state index in [1.807, 2.05) is 5.38 Å². The van der Waals surface area contributed by atoms with Crippen LogP contribution >= 0.6 is 11.3 Å². The Kier molecular flexibility index (Phi) is 2.40. The minimum absolute atomic E-state index is 1.04. The largest absolute Gasteiger partial charge is 0.371 e. The first-order valence-corrected chi connectivity index (χ1v) is 6.46. The molecule has 0 saturated heterocycles. The van der Waals surface area contributed by atoms with E-state index in [1.54, 1.807) is 0 Å². The molecule has 2 heterocycles. The lowest BCUT2D eigenvalue weighted by Gasteiger charge is -2.16. The van der Waals surface area contributed by atoms with Gasteiger partial charge < -0.3 is 4.90 Å². The van der Waals surface area contributed by atoms with Crippen molar-refractivity contribution in [2.45, 2.75) is 13.3 Å². The Morgan fingerprint density at radius 2 is 2.44 bits per heavy atom. The number of rotatable bonds is 2. The van der Waals surface area contributed by atoms with Crippen LogP contribution in [0.5, 0.6) is 0 Å². The maximum absolute atomic E-state index is 4.23. The Hall–Kier alpha value is -1.35. The van der Waals surface area contributed by atoms with Gasteiger partial charge in [0.25, 0.3) is 0 Å². The van der Waals surface area contributed by atoms with Crippen LogP contribution < -0.4 is 4.90 Å². The molecule has 0 N–H and O–H groups in total. The van der Waals surface area contributed by atoms with E-state index in [2.05, 4.69) is 40.5 Å². The van der Waals surface area contributed by atoms with Gasteiger partial charge in [-0.3, -0.25) is 0 Å². The van der Waals surface area contributed by atoms with Crippen molar-refractivity contribution >= 4 is 17.0 Å². The fourth-order valence-electron chi connectivity index (χ4n) is 2.27. The van der Waals surface area contributed by atoms with Crippen molar-refractivity contribution in [3.05, 3.63) is 34.7 Å². The molecular weight excluding hydrogens is 216 g/mol. The standard InChI is InChI=1S/C13H13N2S/c1-2-15-6-5-11-7-10(3-4-13(11)15)12-8-16-9-14-12/h3-4,7-8H,2,5-6H2,1H3. The van der Waals surface area contributed by atoms with Gasteiger partial charge in [-0.1, -0.05) is 6.07 Å². The number of likely N-dealkylation sites (N-methyl/N-ethyl adjacent to an activating group) is 1. The zero-order chi connectivity index (χ0) is 11.0. The van der Waals surface area contributed by atoms with Crippen LogP contribution in [0.25, 0.3) is 11.3 Å². The summed E-state index contributed by atoms with van der Waals surface area (Å²) in [5.74, 6) is 0. The van der Waals surface area contributed by atoms with Crippen LogP contribution in [0.2, 0.25) is 0 Å². The van der Waals surface area contributed by atoms with E-state index in [-0.39, 0.29) is 0 Å². The molecule has 0 amide bonds. The summed E-state index contributed by atoms with van der Waals surface area (Å²) in [7, 11) is 0. The second kappa shape index (κ2) is 3.91. The third-order valence-corrected chi connectivity index (χ3v) is 3.68. The Bertz CT molecular complexity index is 491. The predicted molar refractivity (Wildman–Crippen MR) is 68.0 cm³/mol. The number of aromatic nitrogens is 1. The summed E-state index contributed by atoms with van der Waals surface area (Å²) in [4.78, 5) is 6.65. The Morgan fingerprint density at radius 1 is 1.50 bits per heavy atom. The van der Waals surface area contributed by atoms with Gasteiger partial charge in [0.2, 0.25) is 0 Å². The summed E-state index contributed by atoms with van der Waals surface area (Å²) in [6.07, 6.45) is 1.16. The van der Waals surface area contributed by atoms with Gasteiger partial charge in [-0.15, -0.1) is 11.3 Å². The van der Waals surface area contributed by atoms with Gasteiger partial charge in [-0.25, -0.2) is 4.98 Å². The number of thiazole rings is 1. The van der Waals surface area contributed by atoms with Crippen molar-refractivity contribution in [1.82, 2.24) is 4.98 Å². The van der Waals surface area contributed by atoms with E-state index in [1.165, 1.54) is 28.2 Å². The van der Waals surface area contributed by atoms with Crippen molar-refractivity contribution in [3.8, 4) is 11.3 Å². The number of nitrogens with zero attached hydrogens (tertiary/aromatic N) is 2. The molecule has 0 fully saturated rings. The third kappa shape index (κ3) is 1.52. The average Bonchev–Trinajstić information content (AvgIpc) is 2.97. The molecule has 1 aromatic heterocycles. The molecule has 1 aliphatic rings. The highest BCUT2D eigenvalue weighted by molar-refractivity contribution is 7.07. The summed E-state index contributed by atoms with van der Waals surface area (Å²) in [5, 5.41) is 2.05. The molecule has 0 unspecified atom stereocenters. The molecule has 0 atom stereocenters. The van der Waals surface area contributed by atoms with Crippen LogP contribution in [0.3, 0.4) is 0 Å². The molecule has 3 rings (SSSR count). The highest BCUT2D eigenvalue weighted by Gasteiger charge is 2.17. The predicted octanol–water partition coefficient (Wildman–Crippen LogP) is 2.99. The smallest absolute Gasteiger partial charge is 0.152 e. The molecule has 0 bridgehead atoms.